The molecule has 2 N–H and O–H groups in total. The van der Waals surface area contributed by atoms with Crippen LogP contribution in [0.2, 0.25) is 5.02 Å². The van der Waals surface area contributed by atoms with Crippen molar-refractivity contribution in [3.63, 3.8) is 0 Å². The van der Waals surface area contributed by atoms with Gasteiger partial charge in [-0.15, -0.1) is 0 Å². The summed E-state index contributed by atoms with van der Waals surface area (Å²) in [5.41, 5.74) is 1.75. The van der Waals surface area contributed by atoms with Gasteiger partial charge in [-0.05, 0) is 24.1 Å². The van der Waals surface area contributed by atoms with Gasteiger partial charge in [-0.25, -0.2) is 15.0 Å². The van der Waals surface area contributed by atoms with Crippen LogP contribution in [0, 0.1) is 0 Å². The van der Waals surface area contributed by atoms with Crippen LogP contribution in [-0.2, 0) is 16.1 Å². The van der Waals surface area contributed by atoms with E-state index in [1.807, 2.05) is 30.3 Å². The van der Waals surface area contributed by atoms with Gasteiger partial charge < -0.3 is 20.2 Å². The Morgan fingerprint density at radius 3 is 2.61 bits per heavy atom. The van der Waals surface area contributed by atoms with Crippen molar-refractivity contribution in [3.8, 4) is 0 Å². The Morgan fingerprint density at radius 2 is 1.85 bits per heavy atom. The molecule has 3 aromatic rings. The average molecular weight is 469 g/mol. The first-order valence-corrected chi connectivity index (χ1v) is 11.2. The normalized spacial score (nSPS) is 13.8. The van der Waals surface area contributed by atoms with Crippen LogP contribution in [0.4, 0.5) is 11.8 Å². The molecule has 9 nitrogen and oxygen atoms in total. The molecule has 0 radical (unpaired) electrons. The SMILES string of the molecule is O=C(O)CCCC(=O)N1CCN(c2nccc3nc(NCc4ccccc4Cl)ncc23)CC1. The molecular formula is C23H25ClN6O3. The highest BCUT2D eigenvalue weighted by Crippen LogP contribution is 2.25. The molecule has 4 rings (SSSR count). The zero-order valence-electron chi connectivity index (χ0n) is 18.1. The van der Waals surface area contributed by atoms with Crippen molar-refractivity contribution in [2.45, 2.75) is 25.8 Å². The Hall–Kier alpha value is -3.46. The Bertz CT molecular complexity index is 1150. The van der Waals surface area contributed by atoms with E-state index in [0.717, 1.165) is 22.3 Å². The van der Waals surface area contributed by atoms with Gasteiger partial charge in [0.05, 0.1) is 10.9 Å². The third kappa shape index (κ3) is 5.67. The molecule has 1 aromatic carbocycles. The summed E-state index contributed by atoms with van der Waals surface area (Å²) in [6.07, 6.45) is 4.13. The monoisotopic (exact) mass is 468 g/mol. The van der Waals surface area contributed by atoms with Gasteiger partial charge in [0, 0.05) is 63.0 Å². The van der Waals surface area contributed by atoms with Crippen molar-refractivity contribution >= 4 is 46.1 Å². The van der Waals surface area contributed by atoms with Crippen LogP contribution in [0.3, 0.4) is 0 Å². The molecule has 1 aliphatic heterocycles. The maximum Gasteiger partial charge on any atom is 0.303 e. The summed E-state index contributed by atoms with van der Waals surface area (Å²) in [5, 5.41) is 13.5. The van der Waals surface area contributed by atoms with Crippen molar-refractivity contribution < 1.29 is 14.7 Å². The summed E-state index contributed by atoms with van der Waals surface area (Å²) in [6.45, 7) is 2.95. The number of amides is 1. The summed E-state index contributed by atoms with van der Waals surface area (Å²) in [6, 6.07) is 9.48. The smallest absolute Gasteiger partial charge is 0.303 e. The fourth-order valence-electron chi connectivity index (χ4n) is 3.81. The highest BCUT2D eigenvalue weighted by Gasteiger charge is 2.23. The lowest BCUT2D eigenvalue weighted by Gasteiger charge is -2.35. The Kier molecular flexibility index (Phi) is 7.19. The van der Waals surface area contributed by atoms with E-state index in [2.05, 4.69) is 25.2 Å². The van der Waals surface area contributed by atoms with Gasteiger partial charge in [0.2, 0.25) is 11.9 Å². The number of nitrogens with zero attached hydrogens (tertiary/aromatic N) is 5. The molecule has 33 heavy (non-hydrogen) atoms. The van der Waals surface area contributed by atoms with E-state index < -0.39 is 5.97 Å². The number of carbonyl (C=O) groups excluding carboxylic acids is 1. The third-order valence-electron chi connectivity index (χ3n) is 5.60. The number of hydrogen-bond donors (Lipinski definition) is 2. The number of carboxylic acid groups (broad SMARTS) is 1. The van der Waals surface area contributed by atoms with Gasteiger partial charge in [0.1, 0.15) is 5.82 Å². The molecular weight excluding hydrogens is 444 g/mol. The summed E-state index contributed by atoms with van der Waals surface area (Å²) >= 11 is 6.22. The zero-order chi connectivity index (χ0) is 23.2. The number of aromatic nitrogens is 3. The van der Waals surface area contributed by atoms with Crippen LogP contribution in [0.25, 0.3) is 10.9 Å². The zero-order valence-corrected chi connectivity index (χ0v) is 18.8. The first-order chi connectivity index (χ1) is 16.0. The molecule has 10 heteroatoms. The number of anilines is 2. The molecule has 1 fully saturated rings. The number of pyridine rings is 1. The van der Waals surface area contributed by atoms with Gasteiger partial charge in [-0.3, -0.25) is 9.59 Å². The van der Waals surface area contributed by atoms with E-state index in [4.69, 9.17) is 16.7 Å². The topological polar surface area (TPSA) is 112 Å². The number of benzene rings is 1. The molecule has 1 amide bonds. The molecule has 1 saturated heterocycles. The minimum atomic E-state index is -0.876. The van der Waals surface area contributed by atoms with Crippen molar-refractivity contribution in [1.82, 2.24) is 19.9 Å². The van der Waals surface area contributed by atoms with Crippen molar-refractivity contribution in [2.24, 2.45) is 0 Å². The molecule has 0 spiro atoms. The number of rotatable bonds is 8. The van der Waals surface area contributed by atoms with E-state index in [1.165, 1.54) is 0 Å². The van der Waals surface area contributed by atoms with Crippen LogP contribution < -0.4 is 10.2 Å². The van der Waals surface area contributed by atoms with Gasteiger partial charge in [-0.2, -0.15) is 0 Å². The molecule has 0 unspecified atom stereocenters. The van der Waals surface area contributed by atoms with Crippen LogP contribution in [0.15, 0.2) is 42.7 Å². The van der Waals surface area contributed by atoms with E-state index in [9.17, 15) is 9.59 Å². The molecule has 1 aliphatic rings. The predicted molar refractivity (Wildman–Crippen MR) is 126 cm³/mol. The second-order valence-electron chi connectivity index (χ2n) is 7.82. The Balaban J connectivity index is 1.39. The average Bonchev–Trinajstić information content (AvgIpc) is 2.83. The molecule has 0 saturated carbocycles. The minimum Gasteiger partial charge on any atom is -0.481 e. The predicted octanol–water partition coefficient (Wildman–Crippen LogP) is 3.19. The number of fused-ring (bicyclic) bond motifs is 1. The summed E-state index contributed by atoms with van der Waals surface area (Å²) in [5.74, 6) is 0.429. The third-order valence-corrected chi connectivity index (χ3v) is 5.97. The molecule has 0 atom stereocenters. The number of carbonyl (C=O) groups is 2. The maximum atomic E-state index is 12.3. The van der Waals surface area contributed by atoms with E-state index in [-0.39, 0.29) is 18.7 Å². The minimum absolute atomic E-state index is 0.000604. The molecule has 172 valence electrons. The van der Waals surface area contributed by atoms with Crippen LogP contribution in [0.1, 0.15) is 24.8 Å². The van der Waals surface area contributed by atoms with Crippen LogP contribution in [-0.4, -0.2) is 63.0 Å². The Morgan fingerprint density at radius 1 is 1.06 bits per heavy atom. The van der Waals surface area contributed by atoms with Crippen molar-refractivity contribution in [2.75, 3.05) is 36.4 Å². The van der Waals surface area contributed by atoms with Crippen molar-refractivity contribution in [3.05, 3.63) is 53.3 Å². The number of halogens is 1. The molecule has 0 bridgehead atoms. The number of piperazine rings is 1. The quantitative estimate of drug-likeness (QED) is 0.518. The number of carboxylic acids is 1. The fraction of sp³-hybridized carbons (Fsp3) is 0.348. The lowest BCUT2D eigenvalue weighted by molar-refractivity contribution is -0.137. The second kappa shape index (κ2) is 10.4. The summed E-state index contributed by atoms with van der Waals surface area (Å²) in [7, 11) is 0. The molecule has 2 aromatic heterocycles. The number of aliphatic carboxylic acids is 1. The van der Waals surface area contributed by atoms with Gasteiger partial charge in [0.15, 0.2) is 0 Å². The lowest BCUT2D eigenvalue weighted by atomic mass is 10.2. The van der Waals surface area contributed by atoms with Gasteiger partial charge in [0.25, 0.3) is 0 Å². The van der Waals surface area contributed by atoms with Gasteiger partial charge in [-0.1, -0.05) is 29.8 Å². The maximum absolute atomic E-state index is 12.3. The van der Waals surface area contributed by atoms with Crippen LogP contribution >= 0.6 is 11.6 Å². The first-order valence-electron chi connectivity index (χ1n) is 10.8. The Labute approximate surface area is 196 Å². The van der Waals surface area contributed by atoms with Crippen molar-refractivity contribution in [1.29, 1.82) is 0 Å². The van der Waals surface area contributed by atoms with Gasteiger partial charge >= 0.3 is 5.97 Å². The highest BCUT2D eigenvalue weighted by atomic mass is 35.5. The number of hydrogen-bond acceptors (Lipinski definition) is 7. The van der Waals surface area contributed by atoms with E-state index in [0.29, 0.717) is 50.1 Å². The first kappa shape index (κ1) is 22.7. The van der Waals surface area contributed by atoms with E-state index >= 15 is 0 Å². The lowest BCUT2D eigenvalue weighted by Crippen LogP contribution is -2.49. The summed E-state index contributed by atoms with van der Waals surface area (Å²) < 4.78 is 0. The van der Waals surface area contributed by atoms with E-state index in [1.54, 1.807) is 17.3 Å². The molecule has 3 heterocycles. The van der Waals surface area contributed by atoms with Crippen LogP contribution in [0.5, 0.6) is 0 Å². The number of nitrogens with one attached hydrogen (secondary N) is 1. The fourth-order valence-corrected chi connectivity index (χ4v) is 4.01. The summed E-state index contributed by atoms with van der Waals surface area (Å²) in [4.78, 5) is 40.5. The second-order valence-corrected chi connectivity index (χ2v) is 8.23. The largest absolute Gasteiger partial charge is 0.481 e. The standard InChI is InChI=1S/C23H25ClN6O3/c24-18-5-2-1-4-16(18)14-26-23-27-15-17-19(28-23)8-9-25-22(17)30-12-10-29(11-13-30)20(31)6-3-7-21(32)33/h1-2,4-5,8-9,15H,3,6-7,10-14H2,(H,32,33)(H,26,27,28). The molecule has 0 aliphatic carbocycles. The highest BCUT2D eigenvalue weighted by molar-refractivity contribution is 6.31.